The lowest BCUT2D eigenvalue weighted by molar-refractivity contribution is -0.136. The van der Waals surface area contributed by atoms with Crippen molar-refractivity contribution >= 4 is 11.7 Å². The monoisotopic (exact) mass is 245 g/mol. The summed E-state index contributed by atoms with van der Waals surface area (Å²) in [5.41, 5.74) is 9.07. The molecule has 0 unspecified atom stereocenters. The number of anilines is 1. The van der Waals surface area contributed by atoms with Gasteiger partial charge in [-0.05, 0) is 11.1 Å². The second-order valence-electron chi connectivity index (χ2n) is 3.81. The van der Waals surface area contributed by atoms with E-state index in [1.54, 1.807) is 6.07 Å². The fourth-order valence-corrected chi connectivity index (χ4v) is 1.80. The number of nitrogens with two attached hydrogens (primary N) is 1. The molecule has 0 aromatic heterocycles. The molecule has 0 amide bonds. The average molecular weight is 245 g/mol. The van der Waals surface area contributed by atoms with E-state index in [0.29, 0.717) is 11.3 Å². The van der Waals surface area contributed by atoms with Gasteiger partial charge in [-0.3, -0.25) is 4.79 Å². The van der Waals surface area contributed by atoms with E-state index in [1.807, 2.05) is 42.5 Å². The molecule has 0 spiro atoms. The number of para-hydroxylation sites is 1. The van der Waals surface area contributed by atoms with Gasteiger partial charge in [0.2, 0.25) is 0 Å². The number of carboxylic acids is 1. The summed E-state index contributed by atoms with van der Waals surface area (Å²) in [7, 11) is 0. The van der Waals surface area contributed by atoms with Crippen molar-refractivity contribution in [3.8, 4) is 11.1 Å². The Hall–Kier alpha value is -2.33. The van der Waals surface area contributed by atoms with Crippen molar-refractivity contribution in [1.29, 1.82) is 0 Å². The van der Waals surface area contributed by atoms with E-state index in [2.05, 4.69) is 0 Å². The highest BCUT2D eigenvalue weighted by Gasteiger charge is 2.09. The Kier molecular flexibility index (Phi) is 4.45. The highest BCUT2D eigenvalue weighted by molar-refractivity contribution is 5.82. The molecule has 2 aromatic rings. The third-order valence-electron chi connectivity index (χ3n) is 2.62. The van der Waals surface area contributed by atoms with Gasteiger partial charge in [-0.15, -0.1) is 0 Å². The molecule has 94 valence electrons. The Morgan fingerprint density at radius 1 is 1.06 bits per heavy atom. The van der Waals surface area contributed by atoms with Gasteiger partial charge in [0.25, 0.3) is 0 Å². The molecule has 0 aliphatic carbocycles. The number of carboxylic acid groups (broad SMARTS) is 1. The third-order valence-corrected chi connectivity index (χ3v) is 2.62. The number of carbonyl (C=O) groups is 1. The van der Waals surface area contributed by atoms with E-state index in [9.17, 15) is 4.79 Å². The van der Waals surface area contributed by atoms with E-state index < -0.39 is 5.97 Å². The zero-order chi connectivity index (χ0) is 12.3. The maximum atomic E-state index is 10.7. The lowest BCUT2D eigenvalue weighted by Gasteiger charge is -2.09. The van der Waals surface area contributed by atoms with Gasteiger partial charge >= 0.3 is 5.97 Å². The number of hydrogen-bond acceptors (Lipinski definition) is 2. The van der Waals surface area contributed by atoms with Gasteiger partial charge in [-0.25, -0.2) is 0 Å². The maximum Gasteiger partial charge on any atom is 0.307 e. The van der Waals surface area contributed by atoms with Gasteiger partial charge in [0, 0.05) is 11.3 Å². The lowest BCUT2D eigenvalue weighted by Crippen LogP contribution is -2.04. The summed E-state index contributed by atoms with van der Waals surface area (Å²) in [4.78, 5) is 10.7. The largest absolute Gasteiger partial charge is 0.481 e. The topological polar surface area (TPSA) is 94.8 Å². The molecular formula is C14H15NO3. The van der Waals surface area contributed by atoms with E-state index >= 15 is 0 Å². The standard InChI is InChI=1S/C14H13NO2.H2O/c15-14-11(9-13(16)17)7-4-8-12(14)10-5-2-1-3-6-10;/h1-8H,9,15H2,(H,16,17);1H2. The molecule has 0 atom stereocenters. The summed E-state index contributed by atoms with van der Waals surface area (Å²) in [6.45, 7) is 0. The van der Waals surface area contributed by atoms with E-state index in [0.717, 1.165) is 11.1 Å². The summed E-state index contributed by atoms with van der Waals surface area (Å²) >= 11 is 0. The van der Waals surface area contributed by atoms with Crippen molar-refractivity contribution in [2.45, 2.75) is 6.42 Å². The number of hydrogen-bond donors (Lipinski definition) is 2. The van der Waals surface area contributed by atoms with Crippen molar-refractivity contribution in [2.24, 2.45) is 0 Å². The molecule has 0 heterocycles. The molecule has 5 N–H and O–H groups in total. The van der Waals surface area contributed by atoms with Gasteiger partial charge in [0.15, 0.2) is 0 Å². The third kappa shape index (κ3) is 2.87. The predicted molar refractivity (Wildman–Crippen MR) is 71.2 cm³/mol. The minimum absolute atomic E-state index is 0. The van der Waals surface area contributed by atoms with Crippen LogP contribution in [-0.2, 0) is 11.2 Å². The maximum absolute atomic E-state index is 10.7. The van der Waals surface area contributed by atoms with Crippen LogP contribution in [0.5, 0.6) is 0 Å². The molecule has 18 heavy (non-hydrogen) atoms. The van der Waals surface area contributed by atoms with Crippen LogP contribution in [0.4, 0.5) is 5.69 Å². The predicted octanol–water partition coefficient (Wildman–Crippen LogP) is 1.74. The Morgan fingerprint density at radius 2 is 1.72 bits per heavy atom. The molecule has 2 aromatic carbocycles. The Morgan fingerprint density at radius 3 is 2.33 bits per heavy atom. The molecule has 4 heteroatoms. The molecular weight excluding hydrogens is 230 g/mol. The zero-order valence-electron chi connectivity index (χ0n) is 9.76. The van der Waals surface area contributed by atoms with Gasteiger partial charge in [-0.2, -0.15) is 0 Å². The van der Waals surface area contributed by atoms with Crippen LogP contribution in [0, 0.1) is 0 Å². The smallest absolute Gasteiger partial charge is 0.307 e. The first kappa shape index (κ1) is 13.7. The summed E-state index contributed by atoms with van der Waals surface area (Å²) in [5, 5.41) is 8.80. The highest BCUT2D eigenvalue weighted by Crippen LogP contribution is 2.28. The van der Waals surface area contributed by atoms with Gasteiger partial charge in [0.05, 0.1) is 6.42 Å². The van der Waals surface area contributed by atoms with Gasteiger partial charge < -0.3 is 16.3 Å². The first-order valence-corrected chi connectivity index (χ1v) is 5.33. The molecule has 0 aliphatic rings. The van der Waals surface area contributed by atoms with E-state index in [4.69, 9.17) is 10.8 Å². The highest BCUT2D eigenvalue weighted by atomic mass is 16.4. The number of benzene rings is 2. The van der Waals surface area contributed by atoms with Crippen molar-refractivity contribution in [3.63, 3.8) is 0 Å². The number of nitrogen functional groups attached to an aromatic ring is 1. The van der Waals surface area contributed by atoms with Crippen LogP contribution >= 0.6 is 0 Å². The van der Waals surface area contributed by atoms with Crippen molar-refractivity contribution in [2.75, 3.05) is 5.73 Å². The van der Waals surface area contributed by atoms with Crippen molar-refractivity contribution < 1.29 is 15.4 Å². The Bertz CT molecular complexity index is 538. The average Bonchev–Trinajstić information content (AvgIpc) is 2.32. The van der Waals surface area contributed by atoms with E-state index in [-0.39, 0.29) is 11.9 Å². The molecule has 0 saturated carbocycles. The zero-order valence-corrected chi connectivity index (χ0v) is 9.76. The second-order valence-corrected chi connectivity index (χ2v) is 3.81. The fourth-order valence-electron chi connectivity index (χ4n) is 1.80. The van der Waals surface area contributed by atoms with Crippen LogP contribution in [0.2, 0.25) is 0 Å². The number of aliphatic carboxylic acids is 1. The van der Waals surface area contributed by atoms with E-state index in [1.165, 1.54) is 0 Å². The molecule has 0 fully saturated rings. The summed E-state index contributed by atoms with van der Waals surface area (Å²) in [6, 6.07) is 15.2. The van der Waals surface area contributed by atoms with Crippen LogP contribution in [0.1, 0.15) is 5.56 Å². The molecule has 2 rings (SSSR count). The van der Waals surface area contributed by atoms with Crippen LogP contribution in [0.3, 0.4) is 0 Å². The molecule has 0 saturated heterocycles. The normalized spacial score (nSPS) is 9.56. The number of rotatable bonds is 3. The van der Waals surface area contributed by atoms with Crippen LogP contribution in [0.25, 0.3) is 11.1 Å². The Balaban J connectivity index is 0.00000162. The SMILES string of the molecule is Nc1c(CC(=O)O)cccc1-c1ccccc1.O. The first-order valence-electron chi connectivity index (χ1n) is 5.33. The minimum atomic E-state index is -0.873. The minimum Gasteiger partial charge on any atom is -0.481 e. The fraction of sp³-hybridized carbons (Fsp3) is 0.0714. The second kappa shape index (κ2) is 5.84. The van der Waals surface area contributed by atoms with Gasteiger partial charge in [-0.1, -0.05) is 48.5 Å². The summed E-state index contributed by atoms with van der Waals surface area (Å²) < 4.78 is 0. The summed E-state index contributed by atoms with van der Waals surface area (Å²) in [5.74, 6) is -0.873. The molecule has 0 bridgehead atoms. The molecule has 0 radical (unpaired) electrons. The van der Waals surface area contributed by atoms with Crippen molar-refractivity contribution in [1.82, 2.24) is 0 Å². The van der Waals surface area contributed by atoms with Crippen LogP contribution in [0.15, 0.2) is 48.5 Å². The first-order chi connectivity index (χ1) is 8.18. The summed E-state index contributed by atoms with van der Waals surface area (Å²) in [6.07, 6.45) is -0.0491. The van der Waals surface area contributed by atoms with Gasteiger partial charge in [0.1, 0.15) is 0 Å². The molecule has 0 aliphatic heterocycles. The molecule has 4 nitrogen and oxygen atoms in total. The lowest BCUT2D eigenvalue weighted by atomic mass is 9.99. The van der Waals surface area contributed by atoms with Crippen LogP contribution in [-0.4, -0.2) is 16.6 Å². The Labute approximate surface area is 105 Å². The van der Waals surface area contributed by atoms with Crippen molar-refractivity contribution in [3.05, 3.63) is 54.1 Å². The quantitative estimate of drug-likeness (QED) is 0.806. The van der Waals surface area contributed by atoms with Crippen LogP contribution < -0.4 is 5.73 Å².